The summed E-state index contributed by atoms with van der Waals surface area (Å²) in [4.78, 5) is 22.3. The molecule has 2 heterocycles. The van der Waals surface area contributed by atoms with E-state index in [2.05, 4.69) is 17.4 Å². The Labute approximate surface area is 168 Å². The van der Waals surface area contributed by atoms with E-state index < -0.39 is 0 Å². The zero-order chi connectivity index (χ0) is 19.6. The van der Waals surface area contributed by atoms with Crippen LogP contribution in [0.2, 0.25) is 0 Å². The van der Waals surface area contributed by atoms with E-state index in [9.17, 15) is 4.79 Å². The number of amides is 1. The molecule has 0 bridgehead atoms. The number of carbonyl (C=O) groups is 1. The first-order chi connectivity index (χ1) is 14.3. The minimum absolute atomic E-state index is 0.0291. The maximum absolute atomic E-state index is 12.7. The summed E-state index contributed by atoms with van der Waals surface area (Å²) >= 11 is 0. The van der Waals surface area contributed by atoms with Gasteiger partial charge in [0.15, 0.2) is 5.65 Å². The van der Waals surface area contributed by atoms with Crippen LogP contribution in [0.3, 0.4) is 0 Å². The number of nitrogens with zero attached hydrogens (tertiary/aromatic N) is 3. The van der Waals surface area contributed by atoms with Crippen molar-refractivity contribution in [3.63, 3.8) is 0 Å². The van der Waals surface area contributed by atoms with Crippen LogP contribution in [0.15, 0.2) is 78.9 Å². The van der Waals surface area contributed by atoms with Gasteiger partial charge in [-0.1, -0.05) is 60.7 Å². The summed E-state index contributed by atoms with van der Waals surface area (Å²) in [6, 6.07) is 26.0. The molecule has 0 spiro atoms. The monoisotopic (exact) mass is 380 g/mol. The Hall–Kier alpha value is -3.73. The van der Waals surface area contributed by atoms with E-state index in [1.807, 2.05) is 71.3 Å². The maximum atomic E-state index is 12.7. The van der Waals surface area contributed by atoms with Crippen LogP contribution in [0, 0.1) is 0 Å². The van der Waals surface area contributed by atoms with Gasteiger partial charge in [0.1, 0.15) is 12.1 Å². The van der Waals surface area contributed by atoms with Crippen LogP contribution in [0.25, 0.3) is 33.1 Å². The highest BCUT2D eigenvalue weighted by Gasteiger charge is 2.16. The topological polar surface area (TPSA) is 59.8 Å². The number of hydrogen-bond acceptors (Lipinski definition) is 3. The van der Waals surface area contributed by atoms with Gasteiger partial charge in [0.05, 0.1) is 16.6 Å². The lowest BCUT2D eigenvalue weighted by molar-refractivity contribution is -0.121. The number of nitrogens with one attached hydrogen (secondary N) is 1. The largest absolute Gasteiger partial charge is 0.354 e. The molecule has 0 saturated carbocycles. The predicted molar refractivity (Wildman–Crippen MR) is 116 cm³/mol. The average Bonchev–Trinajstić information content (AvgIpc) is 3.06. The highest BCUT2D eigenvalue weighted by molar-refractivity contribution is 6.07. The van der Waals surface area contributed by atoms with E-state index in [0.29, 0.717) is 6.54 Å². The zero-order valence-electron chi connectivity index (χ0n) is 15.9. The first-order valence-corrected chi connectivity index (χ1v) is 9.74. The van der Waals surface area contributed by atoms with Crippen LogP contribution in [0.4, 0.5) is 0 Å². The fraction of sp³-hybridized carbons (Fsp3) is 0.125. The summed E-state index contributed by atoms with van der Waals surface area (Å²) in [5, 5.41) is 4.04. The van der Waals surface area contributed by atoms with Crippen molar-refractivity contribution in [3.05, 3.63) is 84.4 Å². The smallest absolute Gasteiger partial charge is 0.240 e. The minimum atomic E-state index is -0.0291. The van der Waals surface area contributed by atoms with E-state index in [1.54, 1.807) is 0 Å². The molecule has 0 fully saturated rings. The summed E-state index contributed by atoms with van der Waals surface area (Å²) in [7, 11) is 0. The second-order valence-corrected chi connectivity index (χ2v) is 7.07. The lowest BCUT2D eigenvalue weighted by atomic mass is 10.1. The highest BCUT2D eigenvalue weighted by Crippen LogP contribution is 2.27. The second kappa shape index (κ2) is 7.36. The van der Waals surface area contributed by atoms with Crippen molar-refractivity contribution >= 4 is 39.0 Å². The number of rotatable bonds is 5. The third-order valence-corrected chi connectivity index (χ3v) is 5.14. The molecule has 0 radical (unpaired) electrons. The lowest BCUT2D eigenvalue weighted by Gasteiger charge is -2.08. The number of benzene rings is 3. The fourth-order valence-electron chi connectivity index (χ4n) is 3.73. The molecule has 0 unspecified atom stereocenters. The van der Waals surface area contributed by atoms with Crippen molar-refractivity contribution in [1.82, 2.24) is 19.9 Å². The van der Waals surface area contributed by atoms with Crippen LogP contribution in [0.1, 0.15) is 5.56 Å². The molecule has 0 aliphatic heterocycles. The quantitative estimate of drug-likeness (QED) is 0.499. The third-order valence-electron chi connectivity index (χ3n) is 5.14. The molecule has 5 rings (SSSR count). The molecule has 5 heteroatoms. The van der Waals surface area contributed by atoms with Gasteiger partial charge in [-0.15, -0.1) is 0 Å². The molecule has 0 aliphatic carbocycles. The first-order valence-electron chi connectivity index (χ1n) is 9.74. The average molecular weight is 380 g/mol. The van der Waals surface area contributed by atoms with Gasteiger partial charge < -0.3 is 9.88 Å². The van der Waals surface area contributed by atoms with Gasteiger partial charge in [-0.05, 0) is 30.2 Å². The number of carbonyl (C=O) groups excluding carboxylic acids is 1. The molecule has 5 aromatic rings. The van der Waals surface area contributed by atoms with Crippen LogP contribution in [0.5, 0.6) is 0 Å². The van der Waals surface area contributed by atoms with E-state index in [0.717, 1.165) is 39.5 Å². The molecular weight excluding hydrogens is 360 g/mol. The summed E-state index contributed by atoms with van der Waals surface area (Å²) in [6.45, 7) is 0.820. The van der Waals surface area contributed by atoms with Gasteiger partial charge in [0.25, 0.3) is 0 Å². The summed E-state index contributed by atoms with van der Waals surface area (Å²) in [5.74, 6) is -0.0291. The Balaban J connectivity index is 1.46. The Bertz CT molecular complexity index is 1320. The maximum Gasteiger partial charge on any atom is 0.240 e. The Morgan fingerprint density at radius 3 is 2.34 bits per heavy atom. The summed E-state index contributed by atoms with van der Waals surface area (Å²) in [5.41, 5.74) is 5.43. The molecule has 29 heavy (non-hydrogen) atoms. The molecule has 3 aromatic carbocycles. The molecule has 1 N–H and O–H groups in total. The fourth-order valence-corrected chi connectivity index (χ4v) is 3.73. The van der Waals surface area contributed by atoms with Crippen LogP contribution in [-0.4, -0.2) is 27.0 Å². The van der Waals surface area contributed by atoms with Crippen LogP contribution in [-0.2, 0) is 17.8 Å². The second-order valence-electron chi connectivity index (χ2n) is 7.07. The highest BCUT2D eigenvalue weighted by atomic mass is 16.1. The van der Waals surface area contributed by atoms with E-state index >= 15 is 0 Å². The van der Waals surface area contributed by atoms with Crippen molar-refractivity contribution in [1.29, 1.82) is 0 Å². The van der Waals surface area contributed by atoms with E-state index in [-0.39, 0.29) is 12.5 Å². The van der Waals surface area contributed by atoms with Gasteiger partial charge in [-0.3, -0.25) is 4.79 Å². The van der Waals surface area contributed by atoms with E-state index in [4.69, 9.17) is 9.97 Å². The van der Waals surface area contributed by atoms with Gasteiger partial charge in [0.2, 0.25) is 5.91 Å². The predicted octanol–water partition coefficient (Wildman–Crippen LogP) is 4.10. The number of hydrogen-bond donors (Lipinski definition) is 1. The molecule has 1 amide bonds. The Morgan fingerprint density at radius 2 is 1.52 bits per heavy atom. The first kappa shape index (κ1) is 17.4. The van der Waals surface area contributed by atoms with Crippen molar-refractivity contribution in [3.8, 4) is 0 Å². The van der Waals surface area contributed by atoms with Crippen molar-refractivity contribution < 1.29 is 4.79 Å². The molecule has 5 nitrogen and oxygen atoms in total. The third kappa shape index (κ3) is 3.31. The van der Waals surface area contributed by atoms with Gasteiger partial charge >= 0.3 is 0 Å². The Morgan fingerprint density at radius 1 is 0.828 bits per heavy atom. The van der Waals surface area contributed by atoms with Crippen molar-refractivity contribution in [2.24, 2.45) is 0 Å². The molecule has 0 atom stereocenters. The lowest BCUT2D eigenvalue weighted by Crippen LogP contribution is -2.29. The van der Waals surface area contributed by atoms with Gasteiger partial charge in [-0.2, -0.15) is 0 Å². The van der Waals surface area contributed by atoms with Crippen LogP contribution < -0.4 is 5.32 Å². The molecule has 2 aromatic heterocycles. The Kier molecular flexibility index (Phi) is 4.41. The summed E-state index contributed by atoms with van der Waals surface area (Å²) in [6.07, 6.45) is 0.810. The molecule has 0 saturated heterocycles. The number of para-hydroxylation sites is 3. The van der Waals surface area contributed by atoms with E-state index in [1.165, 1.54) is 5.56 Å². The van der Waals surface area contributed by atoms with Crippen LogP contribution >= 0.6 is 0 Å². The van der Waals surface area contributed by atoms with Gasteiger partial charge in [0, 0.05) is 11.9 Å². The van der Waals surface area contributed by atoms with Gasteiger partial charge in [-0.25, -0.2) is 9.97 Å². The summed E-state index contributed by atoms with van der Waals surface area (Å²) < 4.78 is 1.96. The molecule has 0 aliphatic rings. The van der Waals surface area contributed by atoms with Crippen molar-refractivity contribution in [2.75, 3.05) is 6.54 Å². The molecular formula is C24H20N4O. The van der Waals surface area contributed by atoms with Crippen molar-refractivity contribution in [2.45, 2.75) is 13.0 Å². The number of fused-ring (bicyclic) bond motifs is 4. The zero-order valence-corrected chi connectivity index (χ0v) is 15.9. The molecule has 142 valence electrons. The normalized spacial score (nSPS) is 11.3. The number of aromatic nitrogens is 3. The minimum Gasteiger partial charge on any atom is -0.354 e. The SMILES string of the molecule is O=C(Cn1c2ccccc2c2nc3ccccc3nc21)NCCc1ccccc1. The standard InChI is InChI=1S/C24H20N4O/c29-22(25-15-14-17-8-2-1-3-9-17)16-28-21-13-7-4-10-18(21)23-24(28)27-20-12-6-5-11-19(20)26-23/h1-13H,14-16H2,(H,25,29).